The van der Waals surface area contributed by atoms with Gasteiger partial charge in [-0.1, -0.05) is 0 Å². The van der Waals surface area contributed by atoms with Crippen molar-refractivity contribution in [3.63, 3.8) is 0 Å². The second-order valence-corrected chi connectivity index (χ2v) is 5.36. The lowest BCUT2D eigenvalue weighted by atomic mass is 10.2. The van der Waals surface area contributed by atoms with Gasteiger partial charge in [-0.2, -0.15) is 13.2 Å². The summed E-state index contributed by atoms with van der Waals surface area (Å²) in [4.78, 5) is 1.55. The molecule has 0 saturated heterocycles. The lowest BCUT2D eigenvalue weighted by Crippen LogP contribution is -2.23. The van der Waals surface area contributed by atoms with Crippen molar-refractivity contribution < 1.29 is 22.0 Å². The first-order valence-corrected chi connectivity index (χ1v) is 7.50. The molecule has 10 heteroatoms. The van der Waals surface area contributed by atoms with E-state index in [4.69, 9.17) is 12.2 Å². The summed E-state index contributed by atoms with van der Waals surface area (Å²) in [6.07, 6.45) is -4.87. The summed E-state index contributed by atoms with van der Waals surface area (Å²) < 4.78 is 68.9. The minimum absolute atomic E-state index is 0.0229. The van der Waals surface area contributed by atoms with Crippen LogP contribution in [0.15, 0.2) is 12.1 Å². The highest BCUT2D eigenvalue weighted by Crippen LogP contribution is 2.32. The smallest absolute Gasteiger partial charge is 0.370 e. The van der Waals surface area contributed by atoms with Crippen molar-refractivity contribution in [2.75, 3.05) is 18.0 Å². The quantitative estimate of drug-likeness (QED) is 0.602. The molecule has 0 fully saturated rings. The van der Waals surface area contributed by atoms with Crippen LogP contribution in [-0.4, -0.2) is 27.4 Å². The van der Waals surface area contributed by atoms with E-state index in [1.54, 1.807) is 18.7 Å². The van der Waals surface area contributed by atoms with E-state index < -0.39 is 34.1 Å². The molecular weight excluding hydrogens is 351 g/mol. The van der Waals surface area contributed by atoms with Crippen LogP contribution in [0.4, 0.5) is 27.6 Å². The van der Waals surface area contributed by atoms with Gasteiger partial charge in [-0.15, -0.1) is 5.10 Å². The first kappa shape index (κ1) is 18.4. The maximum atomic E-state index is 14.4. The van der Waals surface area contributed by atoms with Crippen LogP contribution in [0.25, 0.3) is 5.69 Å². The Balaban J connectivity index is 2.72. The molecule has 0 bridgehead atoms. The van der Waals surface area contributed by atoms with Crippen LogP contribution in [-0.2, 0) is 13.2 Å². The predicted molar refractivity (Wildman–Crippen MR) is 81.8 cm³/mol. The Bertz CT molecular complexity index is 805. The molecule has 0 aliphatic rings. The van der Waals surface area contributed by atoms with Gasteiger partial charge >= 0.3 is 6.18 Å². The third-order valence-electron chi connectivity index (χ3n) is 3.54. The lowest BCUT2D eigenvalue weighted by molar-refractivity contribution is -0.146. The van der Waals surface area contributed by atoms with Crippen molar-refractivity contribution in [2.24, 2.45) is 7.05 Å². The Morgan fingerprint density at radius 2 is 1.71 bits per heavy atom. The summed E-state index contributed by atoms with van der Waals surface area (Å²) in [5.74, 6) is -3.27. The third kappa shape index (κ3) is 3.14. The number of anilines is 1. The van der Waals surface area contributed by atoms with Gasteiger partial charge in [0, 0.05) is 32.3 Å². The molecule has 2 aromatic rings. The third-order valence-corrected chi connectivity index (χ3v) is 3.99. The summed E-state index contributed by atoms with van der Waals surface area (Å²) in [7, 11) is 1.20. The summed E-state index contributed by atoms with van der Waals surface area (Å²) in [5.41, 5.74) is -0.654. The molecule has 132 valence electrons. The number of nitrogens with zero attached hydrogens (tertiary/aromatic N) is 4. The zero-order valence-electron chi connectivity index (χ0n) is 13.2. The first-order chi connectivity index (χ1) is 11.1. The van der Waals surface area contributed by atoms with E-state index in [-0.39, 0.29) is 5.69 Å². The fourth-order valence-corrected chi connectivity index (χ4v) is 2.59. The molecule has 0 amide bonds. The molecule has 0 radical (unpaired) electrons. The van der Waals surface area contributed by atoms with Crippen LogP contribution in [0.2, 0.25) is 0 Å². The highest BCUT2D eigenvalue weighted by atomic mass is 32.1. The summed E-state index contributed by atoms with van der Waals surface area (Å²) >= 11 is 4.86. The zero-order valence-corrected chi connectivity index (χ0v) is 14.0. The number of rotatable bonds is 4. The van der Waals surface area contributed by atoms with E-state index in [0.29, 0.717) is 23.7 Å². The van der Waals surface area contributed by atoms with E-state index in [1.165, 1.54) is 7.05 Å². The number of halogens is 5. The van der Waals surface area contributed by atoms with Gasteiger partial charge in [-0.3, -0.25) is 4.57 Å². The van der Waals surface area contributed by atoms with Crippen molar-refractivity contribution in [1.82, 2.24) is 14.3 Å². The predicted octanol–water partition coefficient (Wildman–Crippen LogP) is 4.08. The van der Waals surface area contributed by atoms with E-state index in [0.717, 1.165) is 10.7 Å². The molecular formula is C14H15F5N4S. The van der Waals surface area contributed by atoms with Gasteiger partial charge in [-0.25, -0.2) is 13.5 Å². The summed E-state index contributed by atoms with van der Waals surface area (Å²) in [6.45, 7) is 4.36. The molecule has 0 spiro atoms. The molecule has 0 saturated carbocycles. The maximum absolute atomic E-state index is 14.4. The number of hydrogen-bond donors (Lipinski definition) is 0. The molecule has 24 heavy (non-hydrogen) atoms. The Morgan fingerprint density at radius 1 is 1.12 bits per heavy atom. The van der Waals surface area contributed by atoms with Crippen molar-refractivity contribution in [1.29, 1.82) is 0 Å². The van der Waals surface area contributed by atoms with Crippen LogP contribution in [0.1, 0.15) is 19.7 Å². The number of hydrogen-bond acceptors (Lipinski definition) is 3. The average Bonchev–Trinajstić information content (AvgIpc) is 2.79. The van der Waals surface area contributed by atoms with Crippen molar-refractivity contribution >= 4 is 17.9 Å². The molecule has 1 aromatic carbocycles. The van der Waals surface area contributed by atoms with Gasteiger partial charge in [-0.05, 0) is 26.1 Å². The van der Waals surface area contributed by atoms with Gasteiger partial charge in [0.2, 0.25) is 10.6 Å². The average molecular weight is 366 g/mol. The Morgan fingerprint density at radius 3 is 2.21 bits per heavy atom. The molecule has 0 aliphatic carbocycles. The molecule has 1 heterocycles. The van der Waals surface area contributed by atoms with Gasteiger partial charge < -0.3 is 4.90 Å². The van der Waals surface area contributed by atoms with Crippen molar-refractivity contribution in [3.05, 3.63) is 34.4 Å². The number of aromatic nitrogens is 3. The Kier molecular flexibility index (Phi) is 4.97. The maximum Gasteiger partial charge on any atom is 0.452 e. The van der Waals surface area contributed by atoms with Gasteiger partial charge in [0.25, 0.3) is 0 Å². The Hall–Kier alpha value is -1.97. The highest BCUT2D eigenvalue weighted by Gasteiger charge is 2.39. The lowest BCUT2D eigenvalue weighted by Gasteiger charge is -2.22. The van der Waals surface area contributed by atoms with Crippen LogP contribution in [0, 0.1) is 16.4 Å². The second kappa shape index (κ2) is 6.50. The van der Waals surface area contributed by atoms with Crippen LogP contribution in [0.5, 0.6) is 0 Å². The molecule has 1 aromatic heterocycles. The normalized spacial score (nSPS) is 11.8. The van der Waals surface area contributed by atoms with E-state index in [1.807, 2.05) is 0 Å². The highest BCUT2D eigenvalue weighted by molar-refractivity contribution is 7.71. The van der Waals surface area contributed by atoms with E-state index >= 15 is 0 Å². The van der Waals surface area contributed by atoms with E-state index in [2.05, 4.69) is 5.10 Å². The summed E-state index contributed by atoms with van der Waals surface area (Å²) in [6, 6.07) is 1.57. The molecule has 0 aliphatic heterocycles. The van der Waals surface area contributed by atoms with Crippen molar-refractivity contribution in [3.8, 4) is 5.69 Å². The number of alkyl halides is 3. The first-order valence-electron chi connectivity index (χ1n) is 7.09. The van der Waals surface area contributed by atoms with Crippen molar-refractivity contribution in [2.45, 2.75) is 20.0 Å². The molecule has 0 atom stereocenters. The number of aryl methyl sites for hydroxylation is 1. The molecule has 2 rings (SSSR count). The van der Waals surface area contributed by atoms with E-state index in [9.17, 15) is 22.0 Å². The molecule has 0 unspecified atom stereocenters. The molecule has 4 nitrogen and oxygen atoms in total. The minimum Gasteiger partial charge on any atom is -0.370 e. The van der Waals surface area contributed by atoms with Gasteiger partial charge in [0.05, 0.1) is 11.4 Å². The topological polar surface area (TPSA) is 26.0 Å². The fourth-order valence-electron chi connectivity index (χ4n) is 2.37. The zero-order chi connectivity index (χ0) is 18.2. The minimum atomic E-state index is -4.87. The van der Waals surface area contributed by atoms with Crippen LogP contribution >= 0.6 is 12.2 Å². The van der Waals surface area contributed by atoms with Gasteiger partial charge in [0.15, 0.2) is 0 Å². The fraction of sp³-hybridized carbons (Fsp3) is 0.429. The molecule has 0 N–H and O–H groups in total. The Labute approximate surface area is 140 Å². The summed E-state index contributed by atoms with van der Waals surface area (Å²) in [5, 5.41) is 3.27. The van der Waals surface area contributed by atoms with Crippen LogP contribution in [0.3, 0.4) is 0 Å². The largest absolute Gasteiger partial charge is 0.452 e. The monoisotopic (exact) mass is 366 g/mol. The standard InChI is InChI=1S/C14H15F5N4S/c1-4-22(5-2)10-6-9(16)11(7-8(10)15)23-12(14(17,18)19)20-21(3)13(23)24/h6-7H,4-5H2,1-3H3. The second-order valence-electron chi connectivity index (χ2n) is 4.99. The SMILES string of the molecule is CCN(CC)c1cc(F)c(-n2c(C(F)(F)F)nn(C)c2=S)cc1F. The number of benzene rings is 1. The van der Waals surface area contributed by atoms with Gasteiger partial charge in [0.1, 0.15) is 11.6 Å². The van der Waals surface area contributed by atoms with Crippen LogP contribution < -0.4 is 4.90 Å².